The van der Waals surface area contributed by atoms with E-state index in [1.165, 1.54) is 37.2 Å². The van der Waals surface area contributed by atoms with E-state index in [1.54, 1.807) is 18.2 Å². The SMILES string of the molecule is COc1ccccc1Cn1ccn(CC(=O)Nc2cc(Cl)ccc2OC)c(=O)c1=O. The zero-order valence-electron chi connectivity index (χ0n) is 16.4. The average molecular weight is 430 g/mol. The van der Waals surface area contributed by atoms with E-state index in [0.29, 0.717) is 22.2 Å². The van der Waals surface area contributed by atoms with E-state index in [2.05, 4.69) is 5.32 Å². The van der Waals surface area contributed by atoms with E-state index in [0.717, 1.165) is 10.1 Å². The smallest absolute Gasteiger partial charge is 0.316 e. The first-order chi connectivity index (χ1) is 14.4. The standard InChI is InChI=1S/C21H20ClN3O5/c1-29-17-6-4-3-5-14(17)12-24-9-10-25(21(28)20(24)27)13-19(26)23-16-11-15(22)7-8-18(16)30-2/h3-11H,12-13H2,1-2H3,(H,23,26). The summed E-state index contributed by atoms with van der Waals surface area (Å²) in [6, 6.07) is 12.0. The summed E-state index contributed by atoms with van der Waals surface area (Å²) in [5.41, 5.74) is -0.422. The maximum atomic E-state index is 12.5. The van der Waals surface area contributed by atoms with Crippen LogP contribution < -0.4 is 25.9 Å². The van der Waals surface area contributed by atoms with Crippen molar-refractivity contribution in [2.45, 2.75) is 13.1 Å². The third-order valence-corrected chi connectivity index (χ3v) is 4.65. The van der Waals surface area contributed by atoms with Gasteiger partial charge < -0.3 is 19.4 Å². The molecule has 0 fully saturated rings. The highest BCUT2D eigenvalue weighted by atomic mass is 35.5. The van der Waals surface area contributed by atoms with Crippen LogP contribution in [0.4, 0.5) is 5.69 Å². The van der Waals surface area contributed by atoms with Gasteiger partial charge in [-0.15, -0.1) is 0 Å². The van der Waals surface area contributed by atoms with Crippen molar-refractivity contribution in [2.24, 2.45) is 0 Å². The summed E-state index contributed by atoms with van der Waals surface area (Å²) in [6.07, 6.45) is 2.86. The zero-order chi connectivity index (χ0) is 21.7. The molecule has 0 saturated heterocycles. The Morgan fingerprint density at radius 3 is 2.37 bits per heavy atom. The molecule has 0 aliphatic carbocycles. The molecule has 1 amide bonds. The maximum absolute atomic E-state index is 12.5. The first-order valence-electron chi connectivity index (χ1n) is 8.98. The number of ether oxygens (including phenoxy) is 2. The lowest BCUT2D eigenvalue weighted by Crippen LogP contribution is -2.42. The molecule has 3 rings (SSSR count). The lowest BCUT2D eigenvalue weighted by atomic mass is 10.2. The number of para-hydroxylation sites is 1. The first-order valence-corrected chi connectivity index (χ1v) is 9.36. The van der Waals surface area contributed by atoms with Crippen LogP contribution in [-0.4, -0.2) is 29.3 Å². The molecule has 0 spiro atoms. The second-order valence-electron chi connectivity index (χ2n) is 6.37. The lowest BCUT2D eigenvalue weighted by molar-refractivity contribution is -0.116. The first kappa shape index (κ1) is 21.2. The number of aromatic nitrogens is 2. The molecule has 0 radical (unpaired) electrons. The number of hydrogen-bond acceptors (Lipinski definition) is 5. The molecule has 1 heterocycles. The Bertz CT molecular complexity index is 1190. The summed E-state index contributed by atoms with van der Waals surface area (Å²) in [5.74, 6) is 0.537. The van der Waals surface area contributed by atoms with Crippen LogP contribution in [-0.2, 0) is 17.9 Å². The fourth-order valence-electron chi connectivity index (χ4n) is 2.93. The van der Waals surface area contributed by atoms with Crippen molar-refractivity contribution < 1.29 is 14.3 Å². The molecular weight excluding hydrogens is 410 g/mol. The van der Waals surface area contributed by atoms with Crippen molar-refractivity contribution in [3.63, 3.8) is 0 Å². The van der Waals surface area contributed by atoms with Crippen LogP contribution in [0, 0.1) is 0 Å². The molecule has 1 aromatic heterocycles. The normalized spacial score (nSPS) is 10.5. The number of carbonyl (C=O) groups is 1. The largest absolute Gasteiger partial charge is 0.496 e. The number of rotatable bonds is 7. The van der Waals surface area contributed by atoms with Gasteiger partial charge in [0.25, 0.3) is 0 Å². The Hall–Kier alpha value is -3.52. The molecule has 30 heavy (non-hydrogen) atoms. The van der Waals surface area contributed by atoms with Crippen LogP contribution in [0.25, 0.3) is 0 Å². The highest BCUT2D eigenvalue weighted by Gasteiger charge is 2.13. The van der Waals surface area contributed by atoms with Gasteiger partial charge in [-0.1, -0.05) is 29.8 Å². The number of benzene rings is 2. The van der Waals surface area contributed by atoms with Crippen molar-refractivity contribution in [3.8, 4) is 11.5 Å². The van der Waals surface area contributed by atoms with Crippen LogP contribution in [0.15, 0.2) is 64.4 Å². The number of nitrogens with one attached hydrogen (secondary N) is 1. The number of carbonyl (C=O) groups excluding carboxylic acids is 1. The molecule has 0 atom stereocenters. The zero-order valence-corrected chi connectivity index (χ0v) is 17.2. The van der Waals surface area contributed by atoms with Crippen molar-refractivity contribution in [3.05, 3.63) is 86.2 Å². The minimum absolute atomic E-state index is 0.171. The highest BCUT2D eigenvalue weighted by Crippen LogP contribution is 2.27. The summed E-state index contributed by atoms with van der Waals surface area (Å²) in [4.78, 5) is 37.4. The predicted molar refractivity (Wildman–Crippen MR) is 114 cm³/mol. The second kappa shape index (κ2) is 9.32. The highest BCUT2D eigenvalue weighted by molar-refractivity contribution is 6.31. The summed E-state index contributed by atoms with van der Waals surface area (Å²) in [7, 11) is 3.00. The molecule has 1 N–H and O–H groups in total. The molecule has 0 bridgehead atoms. The molecule has 0 unspecified atom stereocenters. The monoisotopic (exact) mass is 429 g/mol. The summed E-state index contributed by atoms with van der Waals surface area (Å²) >= 11 is 5.95. The van der Waals surface area contributed by atoms with Gasteiger partial charge in [0.15, 0.2) is 0 Å². The quantitative estimate of drug-likeness (QED) is 0.582. The van der Waals surface area contributed by atoms with E-state index < -0.39 is 17.0 Å². The Kier molecular flexibility index (Phi) is 6.58. The summed E-state index contributed by atoms with van der Waals surface area (Å²) in [5, 5.41) is 3.05. The van der Waals surface area contributed by atoms with E-state index in [4.69, 9.17) is 21.1 Å². The summed E-state index contributed by atoms with van der Waals surface area (Å²) in [6.45, 7) is -0.163. The van der Waals surface area contributed by atoms with Gasteiger partial charge in [0.1, 0.15) is 18.0 Å². The van der Waals surface area contributed by atoms with Crippen LogP contribution in [0.2, 0.25) is 5.02 Å². The van der Waals surface area contributed by atoms with Gasteiger partial charge in [0.05, 0.1) is 26.5 Å². The Morgan fingerprint density at radius 1 is 0.967 bits per heavy atom. The van der Waals surface area contributed by atoms with Gasteiger partial charge >= 0.3 is 11.1 Å². The second-order valence-corrected chi connectivity index (χ2v) is 6.81. The number of hydrogen-bond donors (Lipinski definition) is 1. The van der Waals surface area contributed by atoms with Gasteiger partial charge in [0.2, 0.25) is 5.91 Å². The molecule has 3 aromatic rings. The Balaban J connectivity index is 1.79. The average Bonchev–Trinajstić information content (AvgIpc) is 2.74. The Morgan fingerprint density at radius 2 is 1.63 bits per heavy atom. The fourth-order valence-corrected chi connectivity index (χ4v) is 3.10. The maximum Gasteiger partial charge on any atom is 0.316 e. The third kappa shape index (κ3) is 4.72. The molecular formula is C21H20ClN3O5. The number of amides is 1. The van der Waals surface area contributed by atoms with E-state index in [9.17, 15) is 14.4 Å². The van der Waals surface area contributed by atoms with Crippen molar-refractivity contribution in [1.82, 2.24) is 9.13 Å². The van der Waals surface area contributed by atoms with Gasteiger partial charge in [0, 0.05) is 23.0 Å². The molecule has 0 saturated carbocycles. The fraction of sp³-hybridized carbons (Fsp3) is 0.190. The Labute approximate surface area is 177 Å². The number of anilines is 1. The topological polar surface area (TPSA) is 91.6 Å². The molecule has 9 heteroatoms. The van der Waals surface area contributed by atoms with Gasteiger partial charge in [-0.25, -0.2) is 0 Å². The molecule has 156 valence electrons. The van der Waals surface area contributed by atoms with Gasteiger partial charge in [-0.05, 0) is 24.3 Å². The molecule has 2 aromatic carbocycles. The molecule has 0 aliphatic rings. The van der Waals surface area contributed by atoms with Gasteiger partial charge in [-0.2, -0.15) is 0 Å². The van der Waals surface area contributed by atoms with Crippen LogP contribution in [0.1, 0.15) is 5.56 Å². The number of nitrogens with zero attached hydrogens (tertiary/aromatic N) is 2. The van der Waals surface area contributed by atoms with E-state index in [-0.39, 0.29) is 13.1 Å². The minimum atomic E-state index is -0.805. The number of halogens is 1. The van der Waals surface area contributed by atoms with Gasteiger partial charge in [-0.3, -0.25) is 19.0 Å². The number of methoxy groups -OCH3 is 2. The summed E-state index contributed by atoms with van der Waals surface area (Å²) < 4.78 is 12.8. The van der Waals surface area contributed by atoms with Crippen molar-refractivity contribution in [2.75, 3.05) is 19.5 Å². The minimum Gasteiger partial charge on any atom is -0.496 e. The van der Waals surface area contributed by atoms with Crippen molar-refractivity contribution >= 4 is 23.2 Å². The van der Waals surface area contributed by atoms with Crippen molar-refractivity contribution in [1.29, 1.82) is 0 Å². The van der Waals surface area contributed by atoms with E-state index in [1.807, 2.05) is 18.2 Å². The van der Waals surface area contributed by atoms with Crippen LogP contribution >= 0.6 is 11.6 Å². The molecule has 8 nitrogen and oxygen atoms in total. The van der Waals surface area contributed by atoms with E-state index >= 15 is 0 Å². The lowest BCUT2D eigenvalue weighted by Gasteiger charge is -2.13. The molecule has 0 aliphatic heterocycles. The van der Waals surface area contributed by atoms with Crippen LogP contribution in [0.3, 0.4) is 0 Å². The third-order valence-electron chi connectivity index (χ3n) is 4.41. The van der Waals surface area contributed by atoms with Crippen LogP contribution in [0.5, 0.6) is 11.5 Å². The predicted octanol–water partition coefficient (Wildman–Crippen LogP) is 2.37.